The molecule has 0 radical (unpaired) electrons. The molecule has 1 aliphatic carbocycles. The highest BCUT2D eigenvalue weighted by Gasteiger charge is 2.47. The summed E-state index contributed by atoms with van der Waals surface area (Å²) in [5, 5.41) is 6.76. The number of rotatable bonds is 3. The lowest BCUT2D eigenvalue weighted by molar-refractivity contribution is -0.114. The van der Waals surface area contributed by atoms with Crippen LogP contribution in [-0.2, 0) is 10.2 Å². The van der Waals surface area contributed by atoms with E-state index in [0.717, 1.165) is 42.5 Å². The lowest BCUT2D eigenvalue weighted by Crippen LogP contribution is -2.49. The first-order valence-electron chi connectivity index (χ1n) is 11.7. The Bertz CT molecular complexity index is 1200. The predicted molar refractivity (Wildman–Crippen MR) is 135 cm³/mol. The summed E-state index contributed by atoms with van der Waals surface area (Å²) in [6.07, 6.45) is 8.62. The molecule has 2 aromatic rings. The Labute approximate surface area is 204 Å². The number of nitrogens with one attached hydrogen (secondary N) is 2. The lowest BCUT2D eigenvalue weighted by Gasteiger charge is -2.47. The van der Waals surface area contributed by atoms with E-state index in [4.69, 9.17) is 17.3 Å². The van der Waals surface area contributed by atoms with Crippen LogP contribution in [-0.4, -0.2) is 30.6 Å². The van der Waals surface area contributed by atoms with Crippen LogP contribution in [0.25, 0.3) is 0 Å². The van der Waals surface area contributed by atoms with E-state index in [1.54, 1.807) is 24.4 Å². The molecular weight excluding hydrogens is 448 g/mol. The number of nitrogens with two attached hydrogens (primary N) is 1. The van der Waals surface area contributed by atoms with Gasteiger partial charge in [-0.05, 0) is 80.2 Å². The second-order valence-electron chi connectivity index (χ2n) is 9.56. The average Bonchev–Trinajstić information content (AvgIpc) is 2.96. The highest BCUT2D eigenvalue weighted by molar-refractivity contribution is 6.30. The summed E-state index contributed by atoms with van der Waals surface area (Å²) in [7, 11) is 0. The van der Waals surface area contributed by atoms with Crippen molar-refractivity contribution in [3.63, 3.8) is 0 Å². The van der Waals surface area contributed by atoms with Crippen molar-refractivity contribution in [1.82, 2.24) is 10.6 Å². The fraction of sp³-hybridized carbons (Fsp3) is 0.333. The van der Waals surface area contributed by atoms with E-state index in [1.807, 2.05) is 48.2 Å². The molecule has 176 valence electrons. The zero-order valence-electron chi connectivity index (χ0n) is 19.2. The Balaban J connectivity index is 1.32. The summed E-state index contributed by atoms with van der Waals surface area (Å²) in [4.78, 5) is 28.0. The van der Waals surface area contributed by atoms with Crippen molar-refractivity contribution in [2.24, 2.45) is 5.73 Å². The molecule has 34 heavy (non-hydrogen) atoms. The molecule has 0 aromatic heterocycles. The Morgan fingerprint density at radius 3 is 2.71 bits per heavy atom. The number of anilines is 1. The summed E-state index contributed by atoms with van der Waals surface area (Å²) in [6.45, 7) is 2.55. The molecule has 2 aromatic carbocycles. The van der Waals surface area contributed by atoms with Crippen LogP contribution in [0.15, 0.2) is 66.4 Å². The van der Waals surface area contributed by atoms with Gasteiger partial charge in [0.15, 0.2) is 0 Å². The molecule has 2 heterocycles. The molecule has 1 spiro atoms. The standard InChI is InChI=1S/C27H29ClN4O2/c1-17-5-2-3-6-21(17)25(33)31-24-10-7-18(16-30-24)26(34)32-12-4-11-27(14-20(29)15-27)22-13-19(28)8-9-23(22)32/h2-3,5-10,13,16,20,24,30H,4,11-12,14-15,29H2,1H3,(H,31,33). The summed E-state index contributed by atoms with van der Waals surface area (Å²) in [5.74, 6) is -0.234. The number of carbonyl (C=O) groups excluding carboxylic acids is 2. The van der Waals surface area contributed by atoms with Gasteiger partial charge in [0.25, 0.3) is 11.8 Å². The monoisotopic (exact) mass is 476 g/mol. The minimum absolute atomic E-state index is 0.00859. The van der Waals surface area contributed by atoms with Crippen LogP contribution in [0.1, 0.15) is 47.2 Å². The highest BCUT2D eigenvalue weighted by atomic mass is 35.5. The maximum Gasteiger partial charge on any atom is 0.259 e. The Kier molecular flexibility index (Phi) is 5.96. The third-order valence-electron chi connectivity index (χ3n) is 7.22. The van der Waals surface area contributed by atoms with Gasteiger partial charge in [-0.15, -0.1) is 0 Å². The molecule has 6 nitrogen and oxygen atoms in total. The summed E-state index contributed by atoms with van der Waals surface area (Å²) >= 11 is 6.36. The van der Waals surface area contributed by atoms with Gasteiger partial charge < -0.3 is 21.3 Å². The van der Waals surface area contributed by atoms with Gasteiger partial charge in [0.2, 0.25) is 0 Å². The van der Waals surface area contributed by atoms with Crippen molar-refractivity contribution in [3.8, 4) is 0 Å². The molecule has 1 unspecified atom stereocenters. The Morgan fingerprint density at radius 1 is 1.21 bits per heavy atom. The Hall–Kier alpha value is -3.09. The number of hydrogen-bond acceptors (Lipinski definition) is 4. The van der Waals surface area contributed by atoms with Gasteiger partial charge in [-0.25, -0.2) is 0 Å². The van der Waals surface area contributed by atoms with Crippen molar-refractivity contribution >= 4 is 29.1 Å². The van der Waals surface area contributed by atoms with E-state index in [0.29, 0.717) is 22.7 Å². The second-order valence-corrected chi connectivity index (χ2v) is 10.00. The molecular formula is C27H29ClN4O2. The van der Waals surface area contributed by atoms with Gasteiger partial charge in [-0.1, -0.05) is 29.8 Å². The minimum Gasteiger partial charge on any atom is -0.367 e. The van der Waals surface area contributed by atoms with Gasteiger partial charge in [0, 0.05) is 40.5 Å². The fourth-order valence-electron chi connectivity index (χ4n) is 5.49. The van der Waals surface area contributed by atoms with E-state index in [9.17, 15) is 9.59 Å². The van der Waals surface area contributed by atoms with E-state index in [-0.39, 0.29) is 23.3 Å². The van der Waals surface area contributed by atoms with Gasteiger partial charge >= 0.3 is 0 Å². The molecule has 1 fully saturated rings. The first kappa shape index (κ1) is 22.7. The number of dihydropyridines is 1. The smallest absolute Gasteiger partial charge is 0.259 e. The molecule has 2 aliphatic heterocycles. The quantitative estimate of drug-likeness (QED) is 0.626. The molecule has 1 atom stereocenters. The van der Waals surface area contributed by atoms with Crippen LogP contribution in [0.4, 0.5) is 5.69 Å². The van der Waals surface area contributed by atoms with E-state index < -0.39 is 6.17 Å². The fourth-order valence-corrected chi connectivity index (χ4v) is 5.66. The summed E-state index contributed by atoms with van der Waals surface area (Å²) in [6, 6.07) is 13.5. The van der Waals surface area contributed by atoms with Crippen molar-refractivity contribution in [3.05, 3.63) is 88.1 Å². The van der Waals surface area contributed by atoms with Gasteiger partial charge in [0.1, 0.15) is 6.17 Å². The first-order valence-corrected chi connectivity index (χ1v) is 12.1. The molecule has 5 rings (SSSR count). The third kappa shape index (κ3) is 4.12. The van der Waals surface area contributed by atoms with Crippen LogP contribution in [0.2, 0.25) is 5.02 Å². The summed E-state index contributed by atoms with van der Waals surface area (Å²) in [5.41, 5.74) is 10.3. The number of amides is 2. The van der Waals surface area contributed by atoms with Crippen LogP contribution < -0.4 is 21.3 Å². The molecule has 4 N–H and O–H groups in total. The van der Waals surface area contributed by atoms with Crippen LogP contribution in [0, 0.1) is 6.92 Å². The summed E-state index contributed by atoms with van der Waals surface area (Å²) < 4.78 is 0. The van der Waals surface area contributed by atoms with E-state index in [2.05, 4.69) is 10.6 Å². The number of aryl methyl sites for hydroxylation is 1. The third-order valence-corrected chi connectivity index (χ3v) is 7.45. The van der Waals surface area contributed by atoms with Gasteiger partial charge in [-0.2, -0.15) is 0 Å². The average molecular weight is 477 g/mol. The van der Waals surface area contributed by atoms with Gasteiger partial charge in [0.05, 0.1) is 5.57 Å². The highest BCUT2D eigenvalue weighted by Crippen LogP contribution is 2.52. The van der Waals surface area contributed by atoms with Crippen molar-refractivity contribution in [2.45, 2.75) is 50.2 Å². The second kappa shape index (κ2) is 8.93. The van der Waals surface area contributed by atoms with E-state index in [1.165, 1.54) is 0 Å². The predicted octanol–water partition coefficient (Wildman–Crippen LogP) is 3.93. The minimum atomic E-state index is -0.390. The largest absolute Gasteiger partial charge is 0.367 e. The maximum atomic E-state index is 13.6. The Morgan fingerprint density at radius 2 is 2.00 bits per heavy atom. The molecule has 2 amide bonds. The molecule has 3 aliphatic rings. The zero-order valence-corrected chi connectivity index (χ0v) is 19.9. The van der Waals surface area contributed by atoms with Gasteiger partial charge in [-0.3, -0.25) is 9.59 Å². The van der Waals surface area contributed by atoms with Crippen LogP contribution >= 0.6 is 11.6 Å². The van der Waals surface area contributed by atoms with Crippen molar-refractivity contribution in [2.75, 3.05) is 11.4 Å². The van der Waals surface area contributed by atoms with Crippen LogP contribution in [0.5, 0.6) is 0 Å². The number of nitrogens with zero attached hydrogens (tertiary/aromatic N) is 1. The number of carbonyl (C=O) groups is 2. The number of fused-ring (bicyclic) bond motifs is 2. The molecule has 7 heteroatoms. The van der Waals surface area contributed by atoms with Crippen molar-refractivity contribution in [1.29, 1.82) is 0 Å². The topological polar surface area (TPSA) is 87.5 Å². The molecule has 1 saturated carbocycles. The maximum absolute atomic E-state index is 13.6. The first-order chi connectivity index (χ1) is 16.4. The van der Waals surface area contributed by atoms with Crippen molar-refractivity contribution < 1.29 is 9.59 Å². The normalized spacial score (nSPS) is 25.5. The number of benzene rings is 2. The SMILES string of the molecule is Cc1ccccc1C(=O)NC1C=CC(C(=O)N2CCCC3(CC(N)C3)c3cc(Cl)ccc32)=CN1. The van der Waals surface area contributed by atoms with Crippen LogP contribution in [0.3, 0.4) is 0 Å². The van der Waals surface area contributed by atoms with E-state index >= 15 is 0 Å². The number of hydrogen-bond donors (Lipinski definition) is 3. The molecule has 0 bridgehead atoms. The molecule has 0 saturated heterocycles. The lowest BCUT2D eigenvalue weighted by atomic mass is 9.59. The number of halogens is 1. The zero-order chi connectivity index (χ0) is 23.9.